The fourth-order valence-corrected chi connectivity index (χ4v) is 4.00. The molecule has 23 heavy (non-hydrogen) atoms. The second kappa shape index (κ2) is 7.70. The molecule has 3 atom stereocenters. The minimum absolute atomic E-state index is 0.0669. The zero-order chi connectivity index (χ0) is 16.2. The number of carbonyl (C=O) groups is 1. The van der Waals surface area contributed by atoms with E-state index in [-0.39, 0.29) is 30.8 Å². The number of hydrogen-bond donors (Lipinski definition) is 0. The molecule has 2 aliphatic heterocycles. The van der Waals surface area contributed by atoms with Crippen molar-refractivity contribution >= 4 is 17.2 Å². The molecule has 3 rings (SSSR count). The Morgan fingerprint density at radius 3 is 3.09 bits per heavy atom. The average molecular weight is 340 g/mol. The maximum atomic E-state index is 12.0. The summed E-state index contributed by atoms with van der Waals surface area (Å²) < 4.78 is 16.8. The summed E-state index contributed by atoms with van der Waals surface area (Å²) in [5.74, 6) is 0.0669. The predicted octanol–water partition coefficient (Wildman–Crippen LogP) is 1.76. The molecular formula is C16H24N2O4S. The summed E-state index contributed by atoms with van der Waals surface area (Å²) >= 11 is 1.64. The molecule has 0 N–H and O–H groups in total. The highest BCUT2D eigenvalue weighted by atomic mass is 32.1. The van der Waals surface area contributed by atoms with E-state index in [9.17, 15) is 4.79 Å². The number of aromatic nitrogens is 1. The van der Waals surface area contributed by atoms with Crippen molar-refractivity contribution in [3.63, 3.8) is 0 Å². The molecule has 2 fully saturated rings. The largest absolute Gasteiger partial charge is 0.375 e. The third-order valence-corrected chi connectivity index (χ3v) is 5.27. The number of rotatable bonds is 6. The molecule has 3 heterocycles. The Labute approximate surface area is 140 Å². The van der Waals surface area contributed by atoms with Crippen LogP contribution in [-0.4, -0.2) is 60.9 Å². The third-order valence-electron chi connectivity index (χ3n) is 4.44. The van der Waals surface area contributed by atoms with Crippen LogP contribution < -0.4 is 0 Å². The highest BCUT2D eigenvalue weighted by Crippen LogP contribution is 2.31. The maximum Gasteiger partial charge on any atom is 0.248 e. The molecule has 0 bridgehead atoms. The Morgan fingerprint density at radius 1 is 1.48 bits per heavy atom. The number of thiazole rings is 1. The minimum Gasteiger partial charge on any atom is -0.375 e. The molecule has 0 saturated carbocycles. The van der Waals surface area contributed by atoms with Gasteiger partial charge in [-0.05, 0) is 26.2 Å². The normalized spacial score (nSPS) is 27.2. The molecule has 0 spiro atoms. The summed E-state index contributed by atoms with van der Waals surface area (Å²) in [5.41, 5.74) is 0.985. The first kappa shape index (κ1) is 16.8. The molecule has 1 aromatic heterocycles. The molecule has 0 radical (unpaired) electrons. The van der Waals surface area contributed by atoms with E-state index in [0.29, 0.717) is 13.2 Å². The van der Waals surface area contributed by atoms with Crippen molar-refractivity contribution in [2.24, 2.45) is 0 Å². The van der Waals surface area contributed by atoms with Crippen LogP contribution in [0.3, 0.4) is 0 Å². The van der Waals surface area contributed by atoms with E-state index in [1.165, 1.54) is 0 Å². The van der Waals surface area contributed by atoms with Crippen LogP contribution in [0.15, 0.2) is 5.38 Å². The van der Waals surface area contributed by atoms with Gasteiger partial charge in [0.2, 0.25) is 5.91 Å². The minimum atomic E-state index is 0.0669. The second-order valence-electron chi connectivity index (χ2n) is 6.12. The zero-order valence-electron chi connectivity index (χ0n) is 13.7. The van der Waals surface area contributed by atoms with Crippen LogP contribution in [-0.2, 0) is 25.6 Å². The maximum absolute atomic E-state index is 12.0. The second-order valence-corrected chi connectivity index (χ2v) is 7.19. The number of nitrogens with zero attached hydrogens (tertiary/aromatic N) is 2. The zero-order valence-corrected chi connectivity index (χ0v) is 14.5. The molecule has 7 heteroatoms. The summed E-state index contributed by atoms with van der Waals surface area (Å²) in [4.78, 5) is 18.3. The van der Waals surface area contributed by atoms with Gasteiger partial charge in [-0.3, -0.25) is 4.79 Å². The van der Waals surface area contributed by atoms with Gasteiger partial charge in [-0.1, -0.05) is 0 Å². The Bertz CT molecular complexity index is 536. The Kier molecular flexibility index (Phi) is 5.63. The first-order valence-corrected chi connectivity index (χ1v) is 8.98. The van der Waals surface area contributed by atoms with Gasteiger partial charge in [0, 0.05) is 19.0 Å². The Balaban J connectivity index is 1.43. The first-order chi connectivity index (χ1) is 11.2. The van der Waals surface area contributed by atoms with E-state index in [4.69, 9.17) is 14.2 Å². The van der Waals surface area contributed by atoms with Gasteiger partial charge in [-0.15, -0.1) is 11.3 Å². The fourth-order valence-electron chi connectivity index (χ4n) is 3.41. The van der Waals surface area contributed by atoms with Crippen LogP contribution in [0.25, 0.3) is 0 Å². The number of amides is 1. The van der Waals surface area contributed by atoms with Crippen LogP contribution in [0.1, 0.15) is 30.0 Å². The van der Waals surface area contributed by atoms with E-state index in [1.54, 1.807) is 18.4 Å². The van der Waals surface area contributed by atoms with E-state index >= 15 is 0 Å². The van der Waals surface area contributed by atoms with E-state index in [2.05, 4.69) is 4.98 Å². The number of carbonyl (C=O) groups excluding carboxylic acids is 1. The number of likely N-dealkylation sites (tertiary alicyclic amines) is 1. The molecular weight excluding hydrogens is 316 g/mol. The lowest BCUT2D eigenvalue weighted by Crippen LogP contribution is -2.46. The molecule has 0 aromatic carbocycles. The average Bonchev–Trinajstić information content (AvgIpc) is 3.13. The van der Waals surface area contributed by atoms with Crippen LogP contribution in [0.5, 0.6) is 0 Å². The molecule has 128 valence electrons. The highest BCUT2D eigenvalue weighted by Gasteiger charge is 2.41. The van der Waals surface area contributed by atoms with E-state index in [0.717, 1.165) is 36.5 Å². The van der Waals surface area contributed by atoms with Crippen molar-refractivity contribution in [1.29, 1.82) is 0 Å². The molecule has 6 nitrogen and oxygen atoms in total. The van der Waals surface area contributed by atoms with Gasteiger partial charge >= 0.3 is 0 Å². The number of hydrogen-bond acceptors (Lipinski definition) is 6. The SMILES string of the molecule is COCC(=O)N1CC[C@H]2O[C@H](COCc3csc(C)n3)CC[C@H]21. The molecule has 1 aromatic rings. The number of ether oxygens (including phenoxy) is 3. The first-order valence-electron chi connectivity index (χ1n) is 8.10. The van der Waals surface area contributed by atoms with Crippen LogP contribution in [0, 0.1) is 6.92 Å². The lowest BCUT2D eigenvalue weighted by Gasteiger charge is -2.35. The summed E-state index contributed by atoms with van der Waals surface area (Å²) in [6, 6.07) is 0.204. The number of methoxy groups -OCH3 is 1. The topological polar surface area (TPSA) is 60.9 Å². The van der Waals surface area contributed by atoms with Crippen molar-refractivity contribution in [2.75, 3.05) is 26.9 Å². The van der Waals surface area contributed by atoms with Crippen LogP contribution in [0.2, 0.25) is 0 Å². The lowest BCUT2D eigenvalue weighted by atomic mass is 9.99. The van der Waals surface area contributed by atoms with Gasteiger partial charge in [0.05, 0.1) is 42.2 Å². The van der Waals surface area contributed by atoms with E-state index < -0.39 is 0 Å². The van der Waals surface area contributed by atoms with Gasteiger partial charge in [-0.25, -0.2) is 4.98 Å². The van der Waals surface area contributed by atoms with Gasteiger partial charge in [-0.2, -0.15) is 0 Å². The number of fused-ring (bicyclic) bond motifs is 1. The predicted molar refractivity (Wildman–Crippen MR) is 86.4 cm³/mol. The standard InChI is InChI=1S/C16H24N2O4S/c1-11-17-12(10-23-11)7-21-8-13-3-4-14-15(22-13)5-6-18(14)16(19)9-20-2/h10,13-15H,3-9H2,1-2H3/t13-,14+,15+/m0/s1. The van der Waals surface area contributed by atoms with Gasteiger partial charge in [0.1, 0.15) is 6.61 Å². The molecule has 2 saturated heterocycles. The van der Waals surface area contributed by atoms with Gasteiger partial charge in [0.15, 0.2) is 0 Å². The quantitative estimate of drug-likeness (QED) is 0.790. The summed E-state index contributed by atoms with van der Waals surface area (Å²) in [7, 11) is 1.56. The van der Waals surface area contributed by atoms with Crippen molar-refractivity contribution in [2.45, 2.75) is 51.0 Å². The van der Waals surface area contributed by atoms with Crippen molar-refractivity contribution < 1.29 is 19.0 Å². The molecule has 0 unspecified atom stereocenters. The summed E-state index contributed by atoms with van der Waals surface area (Å²) in [5, 5.41) is 3.09. The van der Waals surface area contributed by atoms with Gasteiger partial charge < -0.3 is 19.1 Å². The van der Waals surface area contributed by atoms with Gasteiger partial charge in [0.25, 0.3) is 0 Å². The summed E-state index contributed by atoms with van der Waals surface area (Å²) in [6.07, 6.45) is 3.06. The summed E-state index contributed by atoms with van der Waals surface area (Å²) in [6.45, 7) is 4.05. The van der Waals surface area contributed by atoms with Crippen LogP contribution in [0.4, 0.5) is 0 Å². The number of aryl methyl sites for hydroxylation is 1. The smallest absolute Gasteiger partial charge is 0.248 e. The van der Waals surface area contributed by atoms with Crippen molar-refractivity contribution in [3.05, 3.63) is 16.1 Å². The van der Waals surface area contributed by atoms with Crippen molar-refractivity contribution in [1.82, 2.24) is 9.88 Å². The third kappa shape index (κ3) is 4.09. The van der Waals surface area contributed by atoms with Crippen LogP contribution >= 0.6 is 11.3 Å². The molecule has 0 aliphatic carbocycles. The van der Waals surface area contributed by atoms with Crippen molar-refractivity contribution in [3.8, 4) is 0 Å². The highest BCUT2D eigenvalue weighted by molar-refractivity contribution is 7.09. The van der Waals surface area contributed by atoms with E-state index in [1.807, 2.05) is 17.2 Å². The Morgan fingerprint density at radius 2 is 2.35 bits per heavy atom. The fraction of sp³-hybridized carbons (Fsp3) is 0.750. The monoisotopic (exact) mass is 340 g/mol. The molecule has 1 amide bonds. The Hall–Kier alpha value is -1.02. The molecule has 2 aliphatic rings. The lowest BCUT2D eigenvalue weighted by molar-refractivity contribution is -0.142.